The summed E-state index contributed by atoms with van der Waals surface area (Å²) in [5.74, 6) is 0.187. The molecule has 6 nitrogen and oxygen atoms in total. The highest BCUT2D eigenvalue weighted by Gasteiger charge is 2.25. The predicted molar refractivity (Wildman–Crippen MR) is 95.9 cm³/mol. The van der Waals surface area contributed by atoms with Gasteiger partial charge in [-0.15, -0.1) is 0 Å². The average Bonchev–Trinajstić information content (AvgIpc) is 2.54. The van der Waals surface area contributed by atoms with Crippen molar-refractivity contribution in [3.8, 4) is 11.1 Å². The highest BCUT2D eigenvalue weighted by molar-refractivity contribution is 6.36. The van der Waals surface area contributed by atoms with Gasteiger partial charge in [-0.05, 0) is 24.6 Å². The lowest BCUT2D eigenvalue weighted by Gasteiger charge is -2.17. The Morgan fingerprint density at radius 1 is 1.33 bits per heavy atom. The van der Waals surface area contributed by atoms with Crippen LogP contribution in [-0.2, 0) is 4.74 Å². The third-order valence-corrected chi connectivity index (χ3v) is 4.08. The summed E-state index contributed by atoms with van der Waals surface area (Å²) < 4.78 is 5.12. The molecule has 0 bridgehead atoms. The number of nitrogens with one attached hydrogen (secondary N) is 1. The maximum Gasteiger partial charge on any atom is 0.319 e. The summed E-state index contributed by atoms with van der Waals surface area (Å²) in [4.78, 5) is 15.3. The molecule has 2 aromatic rings. The van der Waals surface area contributed by atoms with E-state index < -0.39 is 4.92 Å². The molecule has 2 rings (SSSR count). The second-order valence-electron chi connectivity index (χ2n) is 5.14. The molecule has 1 aromatic heterocycles. The number of halogens is 2. The van der Waals surface area contributed by atoms with Gasteiger partial charge in [0.1, 0.15) is 0 Å². The van der Waals surface area contributed by atoms with Crippen LogP contribution in [0.1, 0.15) is 13.3 Å². The molecule has 1 atom stereocenters. The lowest BCUT2D eigenvalue weighted by Crippen LogP contribution is -2.25. The zero-order valence-corrected chi connectivity index (χ0v) is 14.8. The molecule has 128 valence electrons. The molecule has 0 spiro atoms. The number of aromatic nitrogens is 1. The van der Waals surface area contributed by atoms with Crippen LogP contribution in [0, 0.1) is 10.1 Å². The molecule has 0 aliphatic heterocycles. The number of ether oxygens (including phenoxy) is 1. The second kappa shape index (κ2) is 8.28. The monoisotopic (exact) mass is 369 g/mol. The van der Waals surface area contributed by atoms with Crippen molar-refractivity contribution in [3.63, 3.8) is 0 Å². The zero-order valence-electron chi connectivity index (χ0n) is 13.3. The molecular formula is C16H17Cl2N3O3. The Balaban J connectivity index is 2.53. The van der Waals surface area contributed by atoms with Crippen molar-refractivity contribution in [1.29, 1.82) is 0 Å². The SMILES string of the molecule is CC[C@H](COC)Nc1nccc(-c2ccc(Cl)cc2Cl)c1[N+](=O)[O-]. The minimum absolute atomic E-state index is 0.0860. The Labute approximate surface area is 149 Å². The van der Waals surface area contributed by atoms with Gasteiger partial charge < -0.3 is 10.1 Å². The van der Waals surface area contributed by atoms with E-state index in [0.717, 1.165) is 6.42 Å². The molecule has 0 aliphatic carbocycles. The van der Waals surface area contributed by atoms with Gasteiger partial charge in [-0.3, -0.25) is 10.1 Å². The van der Waals surface area contributed by atoms with Crippen molar-refractivity contribution in [2.24, 2.45) is 0 Å². The molecule has 24 heavy (non-hydrogen) atoms. The molecule has 0 fully saturated rings. The van der Waals surface area contributed by atoms with Crippen molar-refractivity contribution in [3.05, 3.63) is 50.6 Å². The highest BCUT2D eigenvalue weighted by Crippen LogP contribution is 2.39. The first-order valence-electron chi connectivity index (χ1n) is 7.32. The third kappa shape index (κ3) is 4.14. The van der Waals surface area contributed by atoms with Crippen LogP contribution >= 0.6 is 23.2 Å². The van der Waals surface area contributed by atoms with Crippen molar-refractivity contribution < 1.29 is 9.66 Å². The van der Waals surface area contributed by atoms with E-state index >= 15 is 0 Å². The van der Waals surface area contributed by atoms with Gasteiger partial charge in [0.25, 0.3) is 0 Å². The number of rotatable bonds is 7. The summed E-state index contributed by atoms with van der Waals surface area (Å²) in [5.41, 5.74) is 0.778. The number of methoxy groups -OCH3 is 1. The summed E-state index contributed by atoms with van der Waals surface area (Å²) in [6.45, 7) is 2.38. The number of hydrogen-bond donors (Lipinski definition) is 1. The first-order valence-corrected chi connectivity index (χ1v) is 8.07. The maximum absolute atomic E-state index is 11.6. The zero-order chi connectivity index (χ0) is 17.7. The Bertz CT molecular complexity index is 741. The van der Waals surface area contributed by atoms with Gasteiger partial charge in [0.15, 0.2) is 0 Å². The molecule has 0 saturated carbocycles. The fourth-order valence-electron chi connectivity index (χ4n) is 2.33. The Morgan fingerprint density at radius 2 is 2.08 bits per heavy atom. The number of pyridine rings is 1. The molecular weight excluding hydrogens is 353 g/mol. The van der Waals surface area contributed by atoms with Gasteiger partial charge in [-0.25, -0.2) is 4.98 Å². The summed E-state index contributed by atoms with van der Waals surface area (Å²) >= 11 is 12.1. The first-order chi connectivity index (χ1) is 11.5. The summed E-state index contributed by atoms with van der Waals surface area (Å²) in [6.07, 6.45) is 2.24. The molecule has 0 unspecified atom stereocenters. The summed E-state index contributed by atoms with van der Waals surface area (Å²) in [5, 5.41) is 15.5. The molecule has 1 aromatic carbocycles. The summed E-state index contributed by atoms with van der Waals surface area (Å²) in [7, 11) is 1.58. The van der Waals surface area contributed by atoms with E-state index in [2.05, 4.69) is 10.3 Å². The van der Waals surface area contributed by atoms with Crippen LogP contribution in [0.5, 0.6) is 0 Å². The Kier molecular flexibility index (Phi) is 6.36. The predicted octanol–water partition coefficient (Wildman–Crippen LogP) is 4.80. The van der Waals surface area contributed by atoms with Crippen LogP contribution in [-0.4, -0.2) is 29.7 Å². The molecule has 0 aliphatic rings. The van der Waals surface area contributed by atoms with Crippen molar-refractivity contribution in [2.75, 3.05) is 19.0 Å². The second-order valence-corrected chi connectivity index (χ2v) is 5.99. The largest absolute Gasteiger partial charge is 0.383 e. The number of nitrogens with zero attached hydrogens (tertiary/aromatic N) is 2. The van der Waals surface area contributed by atoms with E-state index in [1.165, 1.54) is 6.20 Å². The third-order valence-electron chi connectivity index (χ3n) is 3.53. The van der Waals surface area contributed by atoms with Crippen LogP contribution in [0.15, 0.2) is 30.5 Å². The summed E-state index contributed by atoms with van der Waals surface area (Å²) in [6, 6.07) is 6.32. The standard InChI is InChI=1S/C16H17Cl2N3O3/c1-3-11(9-24-2)20-16-15(21(22)23)13(6-7-19-16)12-5-4-10(17)8-14(12)18/h4-8,11H,3,9H2,1-2H3,(H,19,20)/t11-/m1/s1. The molecule has 0 radical (unpaired) electrons. The fraction of sp³-hybridized carbons (Fsp3) is 0.312. The smallest absolute Gasteiger partial charge is 0.319 e. The first kappa shape index (κ1) is 18.4. The lowest BCUT2D eigenvalue weighted by atomic mass is 10.0. The van der Waals surface area contributed by atoms with Crippen molar-refractivity contribution in [1.82, 2.24) is 4.98 Å². The normalized spacial score (nSPS) is 12.0. The Morgan fingerprint density at radius 3 is 2.67 bits per heavy atom. The number of hydrogen-bond acceptors (Lipinski definition) is 5. The van der Waals surface area contributed by atoms with Gasteiger partial charge in [-0.2, -0.15) is 0 Å². The molecule has 8 heteroatoms. The lowest BCUT2D eigenvalue weighted by molar-refractivity contribution is -0.383. The van der Waals surface area contributed by atoms with Gasteiger partial charge in [0, 0.05) is 23.9 Å². The van der Waals surface area contributed by atoms with Gasteiger partial charge in [-0.1, -0.05) is 36.2 Å². The van der Waals surface area contributed by atoms with E-state index in [1.54, 1.807) is 31.4 Å². The Hall–Kier alpha value is -1.89. The maximum atomic E-state index is 11.6. The van der Waals surface area contributed by atoms with Crippen LogP contribution in [0.25, 0.3) is 11.1 Å². The van der Waals surface area contributed by atoms with Crippen molar-refractivity contribution >= 4 is 34.7 Å². The molecule has 1 heterocycles. The van der Waals surface area contributed by atoms with E-state index in [4.69, 9.17) is 27.9 Å². The fourth-order valence-corrected chi connectivity index (χ4v) is 2.84. The molecule has 1 N–H and O–H groups in total. The highest BCUT2D eigenvalue weighted by atomic mass is 35.5. The number of benzene rings is 1. The van der Waals surface area contributed by atoms with Crippen LogP contribution in [0.3, 0.4) is 0 Å². The van der Waals surface area contributed by atoms with E-state index in [9.17, 15) is 10.1 Å². The van der Waals surface area contributed by atoms with E-state index in [1.807, 2.05) is 6.92 Å². The minimum Gasteiger partial charge on any atom is -0.383 e. The average molecular weight is 370 g/mol. The number of anilines is 1. The van der Waals surface area contributed by atoms with E-state index in [0.29, 0.717) is 27.8 Å². The van der Waals surface area contributed by atoms with Gasteiger partial charge in [0.2, 0.25) is 5.82 Å². The van der Waals surface area contributed by atoms with Crippen molar-refractivity contribution in [2.45, 2.75) is 19.4 Å². The topological polar surface area (TPSA) is 77.3 Å². The number of nitro groups is 1. The minimum atomic E-state index is -0.463. The molecule has 0 amide bonds. The van der Waals surface area contributed by atoms with Gasteiger partial charge in [0.05, 0.1) is 28.2 Å². The van der Waals surface area contributed by atoms with Gasteiger partial charge >= 0.3 is 5.69 Å². The molecule has 0 saturated heterocycles. The van der Waals surface area contributed by atoms with Crippen LogP contribution in [0.4, 0.5) is 11.5 Å². The van der Waals surface area contributed by atoms with Crippen LogP contribution < -0.4 is 5.32 Å². The van der Waals surface area contributed by atoms with E-state index in [-0.39, 0.29) is 17.5 Å². The quantitative estimate of drug-likeness (QED) is 0.560. The van der Waals surface area contributed by atoms with Crippen LogP contribution in [0.2, 0.25) is 10.0 Å².